The van der Waals surface area contributed by atoms with Gasteiger partial charge in [0, 0.05) is 6.54 Å². The number of aryl methyl sites for hydroxylation is 1. The molecule has 5 rings (SSSR count). The fourth-order valence-corrected chi connectivity index (χ4v) is 4.84. The summed E-state index contributed by atoms with van der Waals surface area (Å²) in [6.45, 7) is 8.73. The topological polar surface area (TPSA) is 69.0 Å². The number of benzene rings is 3. The lowest BCUT2D eigenvalue weighted by molar-refractivity contribution is 0.0729. The van der Waals surface area contributed by atoms with Crippen molar-refractivity contribution in [3.8, 4) is 11.5 Å². The van der Waals surface area contributed by atoms with Gasteiger partial charge in [-0.05, 0) is 55.7 Å². The van der Waals surface area contributed by atoms with E-state index in [0.29, 0.717) is 54.2 Å². The zero-order valence-electron chi connectivity index (χ0n) is 21.0. The number of rotatable bonds is 9. The highest BCUT2D eigenvalue weighted by Gasteiger charge is 2.42. The van der Waals surface area contributed by atoms with Gasteiger partial charge in [0.25, 0.3) is 5.91 Å². The van der Waals surface area contributed by atoms with Gasteiger partial charge in [0.2, 0.25) is 5.76 Å². The Bertz CT molecular complexity index is 1520. The maximum absolute atomic E-state index is 13.8. The van der Waals surface area contributed by atoms with Gasteiger partial charge in [-0.15, -0.1) is 0 Å². The summed E-state index contributed by atoms with van der Waals surface area (Å²) in [6, 6.07) is 20.3. The van der Waals surface area contributed by atoms with Crippen molar-refractivity contribution in [3.63, 3.8) is 0 Å². The number of fused-ring (bicyclic) bond motifs is 2. The van der Waals surface area contributed by atoms with E-state index < -0.39 is 6.04 Å². The zero-order chi connectivity index (χ0) is 25.9. The summed E-state index contributed by atoms with van der Waals surface area (Å²) in [7, 11) is 0. The van der Waals surface area contributed by atoms with Gasteiger partial charge < -0.3 is 18.8 Å². The van der Waals surface area contributed by atoms with E-state index in [1.165, 1.54) is 0 Å². The van der Waals surface area contributed by atoms with Gasteiger partial charge in [0.1, 0.15) is 12.2 Å². The lowest BCUT2D eigenvalue weighted by atomic mass is 9.97. The molecule has 1 atom stereocenters. The number of ether oxygens (including phenoxy) is 2. The van der Waals surface area contributed by atoms with Crippen molar-refractivity contribution >= 4 is 16.9 Å². The van der Waals surface area contributed by atoms with Gasteiger partial charge in [0.05, 0.1) is 23.6 Å². The Labute approximate surface area is 215 Å². The summed E-state index contributed by atoms with van der Waals surface area (Å²) in [5, 5.41) is 0.470. The molecular formula is C31H29NO5. The minimum Gasteiger partial charge on any atom is -0.490 e. The highest BCUT2D eigenvalue weighted by atomic mass is 16.5. The molecule has 0 bridgehead atoms. The Balaban J connectivity index is 1.65. The normalized spacial score (nSPS) is 14.6. The van der Waals surface area contributed by atoms with E-state index in [4.69, 9.17) is 13.9 Å². The summed E-state index contributed by atoms with van der Waals surface area (Å²) in [5.41, 5.74) is 3.39. The molecule has 0 saturated carbocycles. The van der Waals surface area contributed by atoms with Crippen LogP contribution in [0.1, 0.15) is 45.8 Å². The molecule has 1 amide bonds. The molecule has 1 aromatic heterocycles. The van der Waals surface area contributed by atoms with Crippen LogP contribution in [0.4, 0.5) is 0 Å². The fraction of sp³-hybridized carbons (Fsp3) is 0.226. The average molecular weight is 496 g/mol. The predicted octanol–water partition coefficient (Wildman–Crippen LogP) is 5.85. The molecule has 37 heavy (non-hydrogen) atoms. The van der Waals surface area contributed by atoms with Crippen molar-refractivity contribution in [2.45, 2.75) is 26.3 Å². The van der Waals surface area contributed by atoms with E-state index in [9.17, 15) is 9.59 Å². The highest BCUT2D eigenvalue weighted by Crippen LogP contribution is 2.41. The lowest BCUT2D eigenvalue weighted by Crippen LogP contribution is -2.31. The Morgan fingerprint density at radius 2 is 1.81 bits per heavy atom. The molecule has 6 heteroatoms. The van der Waals surface area contributed by atoms with Gasteiger partial charge in [-0.1, -0.05) is 60.7 Å². The van der Waals surface area contributed by atoms with Crippen molar-refractivity contribution < 1.29 is 18.7 Å². The van der Waals surface area contributed by atoms with Crippen LogP contribution in [0.2, 0.25) is 0 Å². The van der Waals surface area contributed by atoms with E-state index >= 15 is 0 Å². The Kier molecular flexibility index (Phi) is 6.82. The summed E-state index contributed by atoms with van der Waals surface area (Å²) >= 11 is 0. The van der Waals surface area contributed by atoms with Crippen LogP contribution in [-0.2, 0) is 6.42 Å². The maximum Gasteiger partial charge on any atom is 0.290 e. The first kappa shape index (κ1) is 24.4. The van der Waals surface area contributed by atoms with E-state index in [-0.39, 0.29) is 17.1 Å². The molecule has 0 saturated heterocycles. The number of hydrogen-bond donors (Lipinski definition) is 0. The molecule has 1 unspecified atom stereocenters. The molecule has 1 aliphatic heterocycles. The van der Waals surface area contributed by atoms with E-state index in [2.05, 4.69) is 6.58 Å². The number of hydrogen-bond acceptors (Lipinski definition) is 5. The Hall–Kier alpha value is -4.32. The monoisotopic (exact) mass is 495 g/mol. The van der Waals surface area contributed by atoms with Crippen molar-refractivity contribution in [2.24, 2.45) is 0 Å². The van der Waals surface area contributed by atoms with Gasteiger partial charge in [0.15, 0.2) is 16.9 Å². The molecule has 0 spiro atoms. The van der Waals surface area contributed by atoms with Crippen LogP contribution < -0.4 is 14.9 Å². The van der Waals surface area contributed by atoms with Crippen molar-refractivity contribution in [2.75, 3.05) is 19.8 Å². The lowest BCUT2D eigenvalue weighted by Gasteiger charge is -2.26. The van der Waals surface area contributed by atoms with Gasteiger partial charge >= 0.3 is 0 Å². The summed E-state index contributed by atoms with van der Waals surface area (Å²) in [6.07, 6.45) is 2.31. The first-order valence-electron chi connectivity index (χ1n) is 12.4. The van der Waals surface area contributed by atoms with Crippen LogP contribution in [0.5, 0.6) is 11.5 Å². The first-order chi connectivity index (χ1) is 18.0. The highest BCUT2D eigenvalue weighted by molar-refractivity contribution is 5.99. The molecular weight excluding hydrogens is 466 g/mol. The number of carbonyl (C=O) groups is 1. The molecule has 0 N–H and O–H groups in total. The molecule has 188 valence electrons. The second-order valence-corrected chi connectivity index (χ2v) is 9.05. The van der Waals surface area contributed by atoms with Crippen LogP contribution in [0.25, 0.3) is 11.0 Å². The van der Waals surface area contributed by atoms with Gasteiger partial charge in [-0.25, -0.2) is 0 Å². The molecule has 2 heterocycles. The van der Waals surface area contributed by atoms with E-state index in [1.54, 1.807) is 17.0 Å². The summed E-state index contributed by atoms with van der Waals surface area (Å²) in [4.78, 5) is 29.3. The van der Waals surface area contributed by atoms with Crippen LogP contribution in [0, 0.1) is 6.92 Å². The van der Waals surface area contributed by atoms with Crippen molar-refractivity contribution in [1.29, 1.82) is 0 Å². The predicted molar refractivity (Wildman–Crippen MR) is 144 cm³/mol. The third kappa shape index (κ3) is 4.62. The summed E-state index contributed by atoms with van der Waals surface area (Å²) < 4.78 is 17.7. The van der Waals surface area contributed by atoms with E-state index in [0.717, 1.165) is 16.7 Å². The maximum atomic E-state index is 13.8. The second-order valence-electron chi connectivity index (χ2n) is 9.05. The number of nitrogens with zero attached hydrogens (tertiary/aromatic N) is 1. The summed E-state index contributed by atoms with van der Waals surface area (Å²) in [5.74, 6) is 0.934. The van der Waals surface area contributed by atoms with Crippen LogP contribution in [0.3, 0.4) is 0 Å². The molecule has 3 aromatic carbocycles. The Morgan fingerprint density at radius 3 is 2.57 bits per heavy atom. The Morgan fingerprint density at radius 1 is 1.00 bits per heavy atom. The average Bonchev–Trinajstić information content (AvgIpc) is 3.19. The molecule has 4 aromatic rings. The molecule has 1 aliphatic rings. The number of carbonyl (C=O) groups excluding carboxylic acids is 1. The molecule has 0 aliphatic carbocycles. The van der Waals surface area contributed by atoms with Gasteiger partial charge in [-0.3, -0.25) is 9.59 Å². The van der Waals surface area contributed by atoms with E-state index in [1.807, 2.05) is 74.5 Å². The zero-order valence-corrected chi connectivity index (χ0v) is 21.0. The number of amides is 1. The smallest absolute Gasteiger partial charge is 0.290 e. The van der Waals surface area contributed by atoms with Crippen LogP contribution in [-0.4, -0.2) is 30.6 Å². The quantitative estimate of drug-likeness (QED) is 0.272. The van der Waals surface area contributed by atoms with Crippen molar-refractivity contribution in [1.82, 2.24) is 4.90 Å². The minimum atomic E-state index is -0.611. The van der Waals surface area contributed by atoms with Gasteiger partial charge in [-0.2, -0.15) is 0 Å². The molecule has 0 fully saturated rings. The van der Waals surface area contributed by atoms with Crippen LogP contribution in [0.15, 0.2) is 88.6 Å². The SMILES string of the molecule is C=CCOc1ccc(C2c3c(oc4ccc(C)cc4c3=O)C(=O)N2CCc2ccccc2)cc1OCC. The third-order valence-electron chi connectivity index (χ3n) is 6.55. The third-order valence-corrected chi connectivity index (χ3v) is 6.55. The first-order valence-corrected chi connectivity index (χ1v) is 12.4. The van der Waals surface area contributed by atoms with Crippen molar-refractivity contribution in [3.05, 3.63) is 118 Å². The second kappa shape index (κ2) is 10.3. The van der Waals surface area contributed by atoms with Crippen LogP contribution >= 0.6 is 0 Å². The largest absolute Gasteiger partial charge is 0.490 e. The fourth-order valence-electron chi connectivity index (χ4n) is 4.84. The standard InChI is InChI=1S/C31H29NO5/c1-4-17-36-25-14-12-22(19-26(25)35-5-2)28-27-29(33)23-18-20(3)11-13-24(23)37-30(27)31(34)32(28)16-15-21-9-7-6-8-10-21/h4,6-14,18-19,28H,1,5,15-17H2,2-3H3. The minimum absolute atomic E-state index is 0.101. The molecule has 0 radical (unpaired) electrons. The molecule has 6 nitrogen and oxygen atoms in total.